The van der Waals surface area contributed by atoms with Gasteiger partial charge in [0.2, 0.25) is 0 Å². The first-order valence-electron chi connectivity index (χ1n) is 7.60. The van der Waals surface area contributed by atoms with Gasteiger partial charge in [-0.05, 0) is 48.0 Å². The second-order valence-electron chi connectivity index (χ2n) is 5.37. The highest BCUT2D eigenvalue weighted by atomic mass is 35.5. The van der Waals surface area contributed by atoms with Gasteiger partial charge in [0.05, 0.1) is 15.6 Å². The van der Waals surface area contributed by atoms with Gasteiger partial charge >= 0.3 is 0 Å². The van der Waals surface area contributed by atoms with Crippen molar-refractivity contribution in [3.05, 3.63) is 87.9 Å². The third-order valence-corrected chi connectivity index (χ3v) is 5.18. The molecular weight excluding hydrogens is 394 g/mol. The number of thioether (sulfide) groups is 1. The van der Waals surface area contributed by atoms with Crippen LogP contribution >= 0.6 is 35.0 Å². The number of pyridine rings is 1. The Bertz CT molecular complexity index is 921. The number of carbonyl (C=O) groups is 1. The summed E-state index contributed by atoms with van der Waals surface area (Å²) in [5, 5.41) is 2.67. The van der Waals surface area contributed by atoms with Crippen molar-refractivity contribution in [2.24, 2.45) is 0 Å². The molecule has 7 heteroatoms. The van der Waals surface area contributed by atoms with Crippen LogP contribution in [-0.4, -0.2) is 10.9 Å². The lowest BCUT2D eigenvalue weighted by Crippen LogP contribution is -2.12. The van der Waals surface area contributed by atoms with Crippen molar-refractivity contribution in [1.82, 2.24) is 4.98 Å². The number of nitrogens with one attached hydrogen (secondary N) is 1. The predicted molar refractivity (Wildman–Crippen MR) is 105 cm³/mol. The minimum atomic E-state index is -0.691. The molecule has 3 rings (SSSR count). The molecule has 0 spiro atoms. The van der Waals surface area contributed by atoms with E-state index in [-0.39, 0.29) is 15.6 Å². The van der Waals surface area contributed by atoms with Gasteiger partial charge in [-0.2, -0.15) is 0 Å². The van der Waals surface area contributed by atoms with Crippen LogP contribution in [0, 0.1) is 5.82 Å². The number of rotatable bonds is 5. The fraction of sp³-hybridized carbons (Fsp3) is 0.0526. The number of amides is 1. The standard InChI is InChI=1S/C19H13Cl2FN2OS/c20-16-9-17(21)18(22)8-15(16)19(25)24-13-3-5-14(6-4-13)26-11-12-2-1-7-23-10-12/h1-10H,11H2,(H,24,25). The van der Waals surface area contributed by atoms with Crippen LogP contribution in [0.3, 0.4) is 0 Å². The maximum Gasteiger partial charge on any atom is 0.257 e. The van der Waals surface area contributed by atoms with Crippen molar-refractivity contribution in [1.29, 1.82) is 0 Å². The number of nitrogens with zero attached hydrogens (tertiary/aromatic N) is 1. The first kappa shape index (κ1) is 18.7. The van der Waals surface area contributed by atoms with E-state index in [1.54, 1.807) is 30.1 Å². The molecule has 2 aromatic carbocycles. The van der Waals surface area contributed by atoms with Gasteiger partial charge in [0.1, 0.15) is 5.82 Å². The van der Waals surface area contributed by atoms with Crippen LogP contribution in [0.5, 0.6) is 0 Å². The highest BCUT2D eigenvalue weighted by molar-refractivity contribution is 7.98. The van der Waals surface area contributed by atoms with E-state index in [1.165, 1.54) is 6.07 Å². The molecule has 0 aliphatic carbocycles. The second-order valence-corrected chi connectivity index (χ2v) is 7.24. The highest BCUT2D eigenvalue weighted by Crippen LogP contribution is 2.26. The molecule has 1 amide bonds. The number of carbonyl (C=O) groups excluding carboxylic acids is 1. The molecule has 0 aliphatic rings. The Kier molecular flexibility index (Phi) is 6.14. The molecule has 1 N–H and O–H groups in total. The van der Waals surface area contributed by atoms with Crippen molar-refractivity contribution in [3.63, 3.8) is 0 Å². The Morgan fingerprint density at radius 1 is 1.12 bits per heavy atom. The molecule has 0 fully saturated rings. The topological polar surface area (TPSA) is 42.0 Å². The Labute approximate surface area is 164 Å². The first-order valence-corrected chi connectivity index (χ1v) is 9.35. The van der Waals surface area contributed by atoms with Crippen molar-refractivity contribution in [2.75, 3.05) is 5.32 Å². The average Bonchev–Trinajstić information content (AvgIpc) is 2.65. The number of halogens is 3. The first-order chi connectivity index (χ1) is 12.5. The lowest BCUT2D eigenvalue weighted by molar-refractivity contribution is 0.102. The van der Waals surface area contributed by atoms with E-state index >= 15 is 0 Å². The molecule has 0 aliphatic heterocycles. The van der Waals surface area contributed by atoms with E-state index in [0.29, 0.717) is 5.69 Å². The van der Waals surface area contributed by atoms with E-state index in [0.717, 1.165) is 22.3 Å². The lowest BCUT2D eigenvalue weighted by Gasteiger charge is -2.09. The molecule has 0 saturated carbocycles. The van der Waals surface area contributed by atoms with Crippen LogP contribution in [0.1, 0.15) is 15.9 Å². The minimum Gasteiger partial charge on any atom is -0.322 e. The van der Waals surface area contributed by atoms with Crippen molar-refractivity contribution >= 4 is 46.6 Å². The number of benzene rings is 2. The summed E-state index contributed by atoms with van der Waals surface area (Å²) < 4.78 is 13.6. The Balaban J connectivity index is 1.64. The van der Waals surface area contributed by atoms with E-state index in [2.05, 4.69) is 10.3 Å². The molecule has 0 radical (unpaired) electrons. The van der Waals surface area contributed by atoms with Gasteiger partial charge in [-0.15, -0.1) is 11.8 Å². The summed E-state index contributed by atoms with van der Waals surface area (Å²) in [5.41, 5.74) is 1.75. The largest absolute Gasteiger partial charge is 0.322 e. The smallest absolute Gasteiger partial charge is 0.257 e. The van der Waals surface area contributed by atoms with Gasteiger partial charge in [-0.3, -0.25) is 9.78 Å². The SMILES string of the molecule is O=C(Nc1ccc(SCc2cccnc2)cc1)c1cc(F)c(Cl)cc1Cl. The number of hydrogen-bond acceptors (Lipinski definition) is 3. The summed E-state index contributed by atoms with van der Waals surface area (Å²) in [6.07, 6.45) is 3.57. The van der Waals surface area contributed by atoms with Crippen LogP contribution in [0.2, 0.25) is 10.0 Å². The molecule has 1 aromatic heterocycles. The quantitative estimate of drug-likeness (QED) is 0.412. The Morgan fingerprint density at radius 2 is 1.88 bits per heavy atom. The van der Waals surface area contributed by atoms with Crippen molar-refractivity contribution < 1.29 is 9.18 Å². The van der Waals surface area contributed by atoms with E-state index in [9.17, 15) is 9.18 Å². The average molecular weight is 407 g/mol. The van der Waals surface area contributed by atoms with Crippen LogP contribution in [0.4, 0.5) is 10.1 Å². The van der Waals surface area contributed by atoms with E-state index in [4.69, 9.17) is 23.2 Å². The number of hydrogen-bond donors (Lipinski definition) is 1. The molecule has 26 heavy (non-hydrogen) atoms. The third-order valence-electron chi connectivity index (χ3n) is 3.50. The number of aromatic nitrogens is 1. The van der Waals surface area contributed by atoms with Gasteiger partial charge < -0.3 is 5.32 Å². The van der Waals surface area contributed by atoms with Crippen LogP contribution in [-0.2, 0) is 5.75 Å². The summed E-state index contributed by atoms with van der Waals surface area (Å²) in [6, 6.07) is 13.5. The Hall–Kier alpha value is -2.08. The van der Waals surface area contributed by atoms with Gasteiger partial charge in [0.25, 0.3) is 5.91 Å². The molecular formula is C19H13Cl2FN2OS. The zero-order valence-corrected chi connectivity index (χ0v) is 15.7. The third kappa shape index (κ3) is 4.75. The van der Waals surface area contributed by atoms with Crippen LogP contribution in [0.25, 0.3) is 0 Å². The molecule has 132 valence electrons. The molecule has 0 unspecified atom stereocenters. The van der Waals surface area contributed by atoms with E-state index < -0.39 is 11.7 Å². The van der Waals surface area contributed by atoms with Gasteiger partial charge in [-0.1, -0.05) is 29.3 Å². The monoisotopic (exact) mass is 406 g/mol. The second kappa shape index (κ2) is 8.54. The number of anilines is 1. The Morgan fingerprint density at radius 3 is 2.58 bits per heavy atom. The molecule has 3 nitrogen and oxygen atoms in total. The van der Waals surface area contributed by atoms with Crippen LogP contribution < -0.4 is 5.32 Å². The lowest BCUT2D eigenvalue weighted by atomic mass is 10.2. The summed E-state index contributed by atoms with van der Waals surface area (Å²) in [7, 11) is 0. The van der Waals surface area contributed by atoms with Crippen molar-refractivity contribution in [3.8, 4) is 0 Å². The summed E-state index contributed by atoms with van der Waals surface area (Å²) in [6.45, 7) is 0. The van der Waals surface area contributed by atoms with Crippen molar-refractivity contribution in [2.45, 2.75) is 10.6 Å². The van der Waals surface area contributed by atoms with E-state index in [1.807, 2.05) is 30.5 Å². The van der Waals surface area contributed by atoms with Gasteiger partial charge in [0, 0.05) is 28.7 Å². The predicted octanol–water partition coefficient (Wildman–Crippen LogP) is 6.07. The summed E-state index contributed by atoms with van der Waals surface area (Å²) >= 11 is 13.3. The fourth-order valence-electron chi connectivity index (χ4n) is 2.18. The zero-order chi connectivity index (χ0) is 18.5. The molecule has 0 bridgehead atoms. The van der Waals surface area contributed by atoms with Gasteiger partial charge in [-0.25, -0.2) is 4.39 Å². The summed E-state index contributed by atoms with van der Waals surface area (Å²) in [4.78, 5) is 17.4. The maximum atomic E-state index is 13.6. The fourth-order valence-corrected chi connectivity index (χ4v) is 3.48. The highest BCUT2D eigenvalue weighted by Gasteiger charge is 2.14. The molecule has 1 heterocycles. The maximum absolute atomic E-state index is 13.6. The zero-order valence-electron chi connectivity index (χ0n) is 13.4. The molecule has 0 atom stereocenters. The summed E-state index contributed by atoms with van der Waals surface area (Å²) in [5.74, 6) is -0.385. The van der Waals surface area contributed by atoms with Gasteiger partial charge in [0.15, 0.2) is 0 Å². The molecule has 0 saturated heterocycles. The normalized spacial score (nSPS) is 10.6. The molecule has 3 aromatic rings. The van der Waals surface area contributed by atoms with Crippen LogP contribution in [0.15, 0.2) is 65.8 Å². The minimum absolute atomic E-state index is 0.0311.